The molecule has 218 valence electrons. The number of halogens is 8. The second-order valence-electron chi connectivity index (χ2n) is 13.0. The molecule has 0 aliphatic rings. The average Bonchev–Trinajstić information content (AvgIpc) is 2.62. The molecule has 2 rings (SSSR count). The van der Waals surface area contributed by atoms with Gasteiger partial charge in [0.15, 0.2) is 11.4 Å². The van der Waals surface area contributed by atoms with Gasteiger partial charge in [0, 0.05) is 40.6 Å². The summed E-state index contributed by atoms with van der Waals surface area (Å²) < 4.78 is 111. The van der Waals surface area contributed by atoms with Crippen molar-refractivity contribution in [3.63, 3.8) is 0 Å². The van der Waals surface area contributed by atoms with Crippen LogP contribution in [0.5, 0.6) is 0 Å². The number of nitrogens with one attached hydrogen (secondary N) is 1. The van der Waals surface area contributed by atoms with Crippen LogP contribution < -0.4 is 4.98 Å². The van der Waals surface area contributed by atoms with Gasteiger partial charge < -0.3 is 34.5 Å². The third kappa shape index (κ3) is 14.7. The molecule has 0 spiro atoms. The fourth-order valence-electron chi connectivity index (χ4n) is 2.68. The highest BCUT2D eigenvalue weighted by Gasteiger charge is 2.35. The Balaban J connectivity index is 0.00000137. The number of aromatic nitrogens is 1. The molecule has 2 heterocycles. The maximum Gasteiger partial charge on any atom is 0.673 e. The predicted molar refractivity (Wildman–Crippen MR) is 140 cm³/mol. The first-order valence-corrected chi connectivity index (χ1v) is 12.0. The molecule has 12 heteroatoms. The predicted octanol–water partition coefficient (Wildman–Crippen LogP) is 9.83. The van der Waals surface area contributed by atoms with Crippen LogP contribution in [0.1, 0.15) is 109 Å². The van der Waals surface area contributed by atoms with E-state index in [1.54, 1.807) is 0 Å². The third-order valence-electron chi connectivity index (χ3n) is 4.69. The van der Waals surface area contributed by atoms with Gasteiger partial charge in [0.2, 0.25) is 0 Å². The quantitative estimate of drug-likeness (QED) is 0.194. The van der Waals surface area contributed by atoms with Crippen molar-refractivity contribution >= 4 is 14.5 Å². The fourth-order valence-corrected chi connectivity index (χ4v) is 2.68. The van der Waals surface area contributed by atoms with Gasteiger partial charge in [0.1, 0.15) is 0 Å². The summed E-state index contributed by atoms with van der Waals surface area (Å²) in [5.74, 6) is 1.17. The van der Waals surface area contributed by atoms with Crippen molar-refractivity contribution in [2.45, 2.75) is 105 Å². The molecule has 0 radical (unpaired) electrons. The largest absolute Gasteiger partial charge is 0.673 e. The normalized spacial score (nSPS) is 14.4. The molecule has 0 aliphatic carbocycles. The van der Waals surface area contributed by atoms with E-state index in [0.29, 0.717) is 17.1 Å². The van der Waals surface area contributed by atoms with E-state index in [0.717, 1.165) is 17.0 Å². The van der Waals surface area contributed by atoms with Gasteiger partial charge in [-0.25, -0.2) is 9.39 Å². The number of aromatic amines is 1. The lowest BCUT2D eigenvalue weighted by molar-refractivity contribution is -0.414. The van der Waals surface area contributed by atoms with E-state index < -0.39 is 14.5 Å². The fraction of sp³-hybridized carbons (Fsp3) is 0.615. The van der Waals surface area contributed by atoms with Crippen molar-refractivity contribution in [3.05, 3.63) is 47.1 Å². The van der Waals surface area contributed by atoms with E-state index in [1.807, 2.05) is 53.7 Å². The zero-order chi connectivity index (χ0) is 33.3. The Bertz CT molecular complexity index is 1110. The molecule has 0 saturated carbocycles. The smallest absolute Gasteiger partial charge is 0.418 e. The Morgan fingerprint density at radius 1 is 0.579 bits per heavy atom. The Morgan fingerprint density at radius 3 is 1.05 bits per heavy atom. The van der Waals surface area contributed by atoms with Gasteiger partial charge >= 0.3 is 27.4 Å². The summed E-state index contributed by atoms with van der Waals surface area (Å²) in [6.07, 6.45) is 0. The molecule has 0 atom stereocenters. The van der Waals surface area contributed by atoms with Gasteiger partial charge in [0.25, 0.3) is 0 Å². The Hall–Kier alpha value is -2.13. The maximum atomic E-state index is 9.75. The molecule has 0 bridgehead atoms. The SMILES string of the molecule is F[B-](F)(F)F.F[B-](F)(F)F.[2H]c1c(C(C)(C)C)[o+]c(C(C)(C)C)c([2H])c1-c1cc(C(C)(C)C)[n+]([2H])c(C(C)(C)C)c1. The molecule has 1 N–H and O–H groups in total. The average molecular weight is 560 g/mol. The molecule has 2 nitrogen and oxygen atoms in total. The summed E-state index contributed by atoms with van der Waals surface area (Å²) in [7, 11) is -12.0. The Morgan fingerprint density at radius 2 is 0.842 bits per heavy atom. The van der Waals surface area contributed by atoms with Gasteiger partial charge in [-0.1, -0.05) is 41.5 Å². The van der Waals surface area contributed by atoms with E-state index in [1.165, 1.54) is 4.98 Å². The zero-order valence-corrected chi connectivity index (χ0v) is 24.2. The molecule has 0 unspecified atom stereocenters. The Kier molecular flexibility index (Phi) is 9.56. The minimum absolute atomic E-state index is 0.257. The molecule has 0 aromatic carbocycles. The summed E-state index contributed by atoms with van der Waals surface area (Å²) in [5, 5.41) is 0. The van der Waals surface area contributed by atoms with Crippen LogP contribution in [-0.2, 0) is 21.7 Å². The zero-order valence-electron chi connectivity index (χ0n) is 27.2. The number of rotatable bonds is 1. The van der Waals surface area contributed by atoms with Crippen LogP contribution in [0.3, 0.4) is 0 Å². The van der Waals surface area contributed by atoms with E-state index in [2.05, 4.69) is 41.5 Å². The molecule has 0 aliphatic heterocycles. The summed E-state index contributed by atoms with van der Waals surface area (Å²) in [6, 6.07) is 4.47. The van der Waals surface area contributed by atoms with Gasteiger partial charge in [-0.15, -0.1) is 0 Å². The van der Waals surface area contributed by atoms with Crippen molar-refractivity contribution in [3.8, 4) is 11.1 Å². The molecule has 0 saturated heterocycles. The second kappa shape index (κ2) is 11.9. The van der Waals surface area contributed by atoms with E-state index in [9.17, 15) is 34.5 Å². The first-order chi connectivity index (χ1) is 17.7. The van der Waals surface area contributed by atoms with Crippen molar-refractivity contribution in [1.82, 2.24) is 0 Å². The van der Waals surface area contributed by atoms with E-state index in [4.69, 9.17) is 8.57 Å². The van der Waals surface area contributed by atoms with Crippen molar-refractivity contribution in [2.75, 3.05) is 0 Å². The molecular formula is C26H41B2F8NO. The van der Waals surface area contributed by atoms with Crippen LogP contribution in [0.25, 0.3) is 11.1 Å². The number of hydrogen-bond donors (Lipinski definition) is 0. The molecule has 2 aromatic heterocycles. The molecule has 38 heavy (non-hydrogen) atoms. The lowest BCUT2D eigenvalue weighted by Gasteiger charge is -2.20. The number of H-pyrrole nitrogens is 1. The number of pyridine rings is 1. The summed E-state index contributed by atoms with van der Waals surface area (Å²) in [4.78, 5) is 1.53. The maximum absolute atomic E-state index is 9.75. The minimum atomic E-state index is -6.00. The number of hydrogen-bond acceptors (Lipinski definition) is 0. The van der Waals surface area contributed by atoms with E-state index in [-0.39, 0.29) is 33.7 Å². The third-order valence-corrected chi connectivity index (χ3v) is 4.69. The summed E-state index contributed by atoms with van der Waals surface area (Å²) in [5.41, 5.74) is 1.82. The molecular weight excluding hydrogens is 516 g/mol. The summed E-state index contributed by atoms with van der Waals surface area (Å²) in [6.45, 7) is 24.8. The highest BCUT2D eigenvalue weighted by molar-refractivity contribution is 6.50. The standard InChI is InChI=1S/C26H40NO.2BF4/c1-23(2,3)19-13-17(14-20(27-19)24(4,5)6)18-15-21(25(7,8)9)28-22(16-18)26(10,11)12;2*2-1(3,4)5/h13-16H,1-12H3;;/q+1;2*-1/p+1/i15D,16D;;/hD. The monoisotopic (exact) mass is 560 g/mol. The van der Waals surface area contributed by atoms with Crippen LogP contribution >= 0.6 is 0 Å². The van der Waals surface area contributed by atoms with Gasteiger partial charge in [-0.3, -0.25) is 0 Å². The van der Waals surface area contributed by atoms with Crippen molar-refractivity contribution in [2.24, 2.45) is 0 Å². The molecule has 0 fully saturated rings. The van der Waals surface area contributed by atoms with Crippen LogP contribution in [0, 0.1) is 0 Å². The van der Waals surface area contributed by atoms with Gasteiger partial charge in [0.05, 0.1) is 13.6 Å². The molecule has 2 aromatic rings. The van der Waals surface area contributed by atoms with Gasteiger partial charge in [-0.05, 0) is 47.1 Å². The lowest BCUT2D eigenvalue weighted by Crippen LogP contribution is -2.32. The van der Waals surface area contributed by atoms with Gasteiger partial charge in [-0.2, -0.15) is 0 Å². The van der Waals surface area contributed by atoms with Crippen LogP contribution in [0.15, 0.2) is 28.6 Å². The summed E-state index contributed by atoms with van der Waals surface area (Å²) >= 11 is 0. The van der Waals surface area contributed by atoms with Crippen LogP contribution in [-0.4, -0.2) is 14.5 Å². The topological polar surface area (TPSA) is 25.4 Å². The highest BCUT2D eigenvalue weighted by atomic mass is 19.5. The minimum Gasteiger partial charge on any atom is -0.418 e. The lowest BCUT2D eigenvalue weighted by atomic mass is 9.84. The van der Waals surface area contributed by atoms with E-state index >= 15 is 0 Å². The molecule has 0 amide bonds. The van der Waals surface area contributed by atoms with Crippen LogP contribution in [0.2, 0.25) is 1.41 Å². The van der Waals surface area contributed by atoms with Crippen molar-refractivity contribution < 1.29 is 48.1 Å². The Labute approximate surface area is 226 Å². The first-order valence-electron chi connectivity index (χ1n) is 13.5. The second-order valence-corrected chi connectivity index (χ2v) is 13.0. The first kappa shape index (κ1) is 30.4. The highest BCUT2D eigenvalue weighted by Crippen LogP contribution is 2.35. The van der Waals surface area contributed by atoms with Crippen LogP contribution in [0.4, 0.5) is 34.5 Å². The van der Waals surface area contributed by atoms with Crippen molar-refractivity contribution in [1.29, 1.82) is 0 Å².